The molecule has 0 aliphatic carbocycles. The summed E-state index contributed by atoms with van der Waals surface area (Å²) in [5, 5.41) is 3.70. The molecule has 1 aromatic heterocycles. The van der Waals surface area contributed by atoms with Crippen LogP contribution in [0.25, 0.3) is 10.9 Å². The van der Waals surface area contributed by atoms with Gasteiger partial charge in [0.25, 0.3) is 0 Å². The second-order valence-corrected chi connectivity index (χ2v) is 8.50. The Labute approximate surface area is 168 Å². The van der Waals surface area contributed by atoms with E-state index in [1.807, 2.05) is 24.3 Å². The lowest BCUT2D eigenvalue weighted by Crippen LogP contribution is -2.51. The maximum atomic E-state index is 13.1. The molecule has 2 aliphatic heterocycles. The average molecular weight is 399 g/mol. The quantitative estimate of drug-likeness (QED) is 0.756. The standard InChI is InChI=1S/C21H25N3O5/c1-21(2,3)29-20(27)23-14-10-15-17-12(11-7-5-6-8-13(11)22-17)9-16(19(26)28-4)24(15)18(14)25/h5-8,14-16,22H,9-10H2,1-4H3,(H,23,27)/t14-,15+,16-/m1/s1. The van der Waals surface area contributed by atoms with E-state index in [1.54, 1.807) is 25.7 Å². The van der Waals surface area contributed by atoms with Crippen molar-refractivity contribution in [2.45, 2.75) is 57.3 Å². The van der Waals surface area contributed by atoms with E-state index in [1.165, 1.54) is 7.11 Å². The number of aromatic amines is 1. The van der Waals surface area contributed by atoms with Gasteiger partial charge < -0.3 is 24.7 Å². The Kier molecular flexibility index (Phi) is 4.52. The Bertz CT molecular complexity index is 990. The molecule has 4 rings (SSSR count). The molecule has 1 fully saturated rings. The smallest absolute Gasteiger partial charge is 0.408 e. The number of methoxy groups -OCH3 is 1. The first-order chi connectivity index (χ1) is 13.7. The van der Waals surface area contributed by atoms with Crippen LogP contribution < -0.4 is 5.32 Å². The van der Waals surface area contributed by atoms with Crippen molar-refractivity contribution in [1.82, 2.24) is 15.2 Å². The number of nitrogens with one attached hydrogen (secondary N) is 2. The van der Waals surface area contributed by atoms with Gasteiger partial charge in [-0.2, -0.15) is 0 Å². The average Bonchev–Trinajstić information content (AvgIpc) is 3.17. The Morgan fingerprint density at radius 3 is 2.66 bits per heavy atom. The molecule has 2 aromatic rings. The maximum absolute atomic E-state index is 13.1. The summed E-state index contributed by atoms with van der Waals surface area (Å²) < 4.78 is 10.3. The number of esters is 1. The second-order valence-electron chi connectivity index (χ2n) is 8.50. The number of ether oxygens (including phenoxy) is 2. The monoisotopic (exact) mass is 399 g/mol. The molecule has 154 valence electrons. The first kappa shape index (κ1) is 19.3. The molecule has 2 amide bonds. The highest BCUT2D eigenvalue weighted by atomic mass is 16.6. The molecule has 0 spiro atoms. The third-order valence-corrected chi connectivity index (χ3v) is 5.42. The van der Waals surface area contributed by atoms with Crippen LogP contribution in [0.3, 0.4) is 0 Å². The molecule has 0 radical (unpaired) electrons. The van der Waals surface area contributed by atoms with Gasteiger partial charge in [-0.3, -0.25) is 4.79 Å². The summed E-state index contributed by atoms with van der Waals surface area (Å²) in [6.45, 7) is 5.28. The van der Waals surface area contributed by atoms with Crippen molar-refractivity contribution in [2.24, 2.45) is 0 Å². The first-order valence-electron chi connectivity index (χ1n) is 9.68. The molecule has 0 bridgehead atoms. The topological polar surface area (TPSA) is 101 Å². The number of carbonyl (C=O) groups excluding carboxylic acids is 3. The summed E-state index contributed by atoms with van der Waals surface area (Å²) >= 11 is 0. The SMILES string of the molecule is COC(=O)[C@H]1Cc2c([nH]c3ccccc23)[C@@H]2C[C@@H](NC(=O)OC(C)(C)C)C(=O)N12. The normalized spacial score (nSPS) is 23.5. The number of nitrogens with zero attached hydrogens (tertiary/aromatic N) is 1. The number of carbonyl (C=O) groups is 3. The lowest BCUT2D eigenvalue weighted by molar-refractivity contribution is -0.153. The molecule has 3 atom stereocenters. The van der Waals surface area contributed by atoms with Crippen LogP contribution in [0.4, 0.5) is 4.79 Å². The molecule has 8 nitrogen and oxygen atoms in total. The molecule has 0 saturated carbocycles. The van der Waals surface area contributed by atoms with Gasteiger partial charge in [-0.1, -0.05) is 18.2 Å². The molecule has 1 aromatic carbocycles. The number of aromatic nitrogens is 1. The zero-order valence-electron chi connectivity index (χ0n) is 16.9. The number of benzene rings is 1. The zero-order chi connectivity index (χ0) is 20.9. The zero-order valence-corrected chi connectivity index (χ0v) is 16.9. The van der Waals surface area contributed by atoms with Crippen LogP contribution in [0.1, 0.15) is 44.5 Å². The van der Waals surface area contributed by atoms with Crippen molar-refractivity contribution >= 4 is 28.9 Å². The van der Waals surface area contributed by atoms with Gasteiger partial charge in [-0.25, -0.2) is 9.59 Å². The number of amides is 2. The Morgan fingerprint density at radius 1 is 1.24 bits per heavy atom. The van der Waals surface area contributed by atoms with Gasteiger partial charge in [0.15, 0.2) is 0 Å². The van der Waals surface area contributed by atoms with Crippen molar-refractivity contribution in [3.8, 4) is 0 Å². The fourth-order valence-electron chi connectivity index (χ4n) is 4.32. The van der Waals surface area contributed by atoms with Crippen LogP contribution >= 0.6 is 0 Å². The molecule has 1 saturated heterocycles. The molecule has 2 aliphatic rings. The largest absolute Gasteiger partial charge is 0.467 e. The van der Waals surface area contributed by atoms with E-state index < -0.39 is 29.7 Å². The highest BCUT2D eigenvalue weighted by Crippen LogP contribution is 2.43. The minimum Gasteiger partial charge on any atom is -0.467 e. The maximum Gasteiger partial charge on any atom is 0.408 e. The van der Waals surface area contributed by atoms with Gasteiger partial charge in [-0.15, -0.1) is 0 Å². The van der Waals surface area contributed by atoms with E-state index in [9.17, 15) is 14.4 Å². The Balaban J connectivity index is 1.69. The molecule has 3 heterocycles. The third-order valence-electron chi connectivity index (χ3n) is 5.42. The second kappa shape index (κ2) is 6.79. The minimum atomic E-state index is -0.764. The molecule has 29 heavy (non-hydrogen) atoms. The minimum absolute atomic E-state index is 0.305. The van der Waals surface area contributed by atoms with E-state index in [0.717, 1.165) is 22.2 Å². The third kappa shape index (κ3) is 3.32. The summed E-state index contributed by atoms with van der Waals surface area (Å²) in [6, 6.07) is 6.02. The summed E-state index contributed by atoms with van der Waals surface area (Å²) in [6.07, 6.45) is 0.0703. The van der Waals surface area contributed by atoms with E-state index in [0.29, 0.717) is 12.8 Å². The van der Waals surface area contributed by atoms with Gasteiger partial charge >= 0.3 is 12.1 Å². The van der Waals surface area contributed by atoms with Gasteiger partial charge in [0, 0.05) is 29.4 Å². The van der Waals surface area contributed by atoms with Crippen LogP contribution in [0, 0.1) is 0 Å². The molecular weight excluding hydrogens is 374 g/mol. The highest BCUT2D eigenvalue weighted by molar-refractivity contribution is 5.94. The summed E-state index contributed by atoms with van der Waals surface area (Å²) in [5.41, 5.74) is 2.22. The predicted octanol–water partition coefficient (Wildman–Crippen LogP) is 2.43. The van der Waals surface area contributed by atoms with Crippen LogP contribution in [0.2, 0.25) is 0 Å². The van der Waals surface area contributed by atoms with Crippen molar-refractivity contribution < 1.29 is 23.9 Å². The van der Waals surface area contributed by atoms with Crippen molar-refractivity contribution in [1.29, 1.82) is 0 Å². The Morgan fingerprint density at radius 2 is 1.97 bits per heavy atom. The van der Waals surface area contributed by atoms with E-state index in [2.05, 4.69) is 10.3 Å². The van der Waals surface area contributed by atoms with E-state index in [-0.39, 0.29) is 11.9 Å². The van der Waals surface area contributed by atoms with Crippen molar-refractivity contribution in [3.63, 3.8) is 0 Å². The van der Waals surface area contributed by atoms with Gasteiger partial charge in [0.1, 0.15) is 17.7 Å². The number of rotatable bonds is 2. The molecule has 2 N–H and O–H groups in total. The number of fused-ring (bicyclic) bond motifs is 5. The summed E-state index contributed by atoms with van der Waals surface area (Å²) in [4.78, 5) is 42.8. The number of H-pyrrole nitrogens is 1. The van der Waals surface area contributed by atoms with Gasteiger partial charge in [-0.05, 0) is 32.4 Å². The van der Waals surface area contributed by atoms with Gasteiger partial charge in [0.2, 0.25) is 5.91 Å². The number of para-hydroxylation sites is 1. The number of alkyl carbamates (subject to hydrolysis) is 1. The first-order valence-corrected chi connectivity index (χ1v) is 9.68. The van der Waals surface area contributed by atoms with Crippen LogP contribution in [0.15, 0.2) is 24.3 Å². The van der Waals surface area contributed by atoms with Crippen LogP contribution in [-0.4, -0.2) is 52.6 Å². The van der Waals surface area contributed by atoms with Crippen LogP contribution in [-0.2, 0) is 25.5 Å². The van der Waals surface area contributed by atoms with Gasteiger partial charge in [0.05, 0.1) is 13.2 Å². The number of hydrogen-bond acceptors (Lipinski definition) is 5. The lowest BCUT2D eigenvalue weighted by atomic mass is 9.92. The van der Waals surface area contributed by atoms with Crippen LogP contribution in [0.5, 0.6) is 0 Å². The summed E-state index contributed by atoms with van der Waals surface area (Å²) in [5.74, 6) is -0.766. The van der Waals surface area contributed by atoms with Crippen molar-refractivity contribution in [2.75, 3.05) is 7.11 Å². The fraction of sp³-hybridized carbons (Fsp3) is 0.476. The molecule has 8 heteroatoms. The predicted molar refractivity (Wildman–Crippen MR) is 105 cm³/mol. The highest BCUT2D eigenvalue weighted by Gasteiger charge is 2.51. The van der Waals surface area contributed by atoms with Crippen molar-refractivity contribution in [3.05, 3.63) is 35.5 Å². The van der Waals surface area contributed by atoms with E-state index >= 15 is 0 Å². The summed E-state index contributed by atoms with van der Waals surface area (Å²) in [7, 11) is 1.32. The van der Waals surface area contributed by atoms with E-state index in [4.69, 9.17) is 9.47 Å². The number of hydrogen-bond donors (Lipinski definition) is 2. The Hall–Kier alpha value is -3.03. The fourth-order valence-corrected chi connectivity index (χ4v) is 4.32. The molecule has 0 unspecified atom stereocenters. The lowest BCUT2D eigenvalue weighted by Gasteiger charge is -2.35. The molecular formula is C21H25N3O5.